The van der Waals surface area contributed by atoms with Crippen LogP contribution in [0.4, 0.5) is 10.8 Å². The van der Waals surface area contributed by atoms with Crippen LogP contribution in [0.15, 0.2) is 35.4 Å². The molecule has 11 heteroatoms. The van der Waals surface area contributed by atoms with Crippen molar-refractivity contribution in [1.29, 1.82) is 0 Å². The molecule has 4 rings (SSSR count). The second kappa shape index (κ2) is 10.3. The second-order valence-corrected chi connectivity index (χ2v) is 9.38. The van der Waals surface area contributed by atoms with Crippen LogP contribution in [0.5, 0.6) is 0 Å². The summed E-state index contributed by atoms with van der Waals surface area (Å²) in [6, 6.07) is 6.80. The average Bonchev–Trinajstić information content (AvgIpc) is 3.25. The zero-order valence-electron chi connectivity index (χ0n) is 18.2. The minimum Gasteiger partial charge on any atom is -0.356 e. The molecule has 9 nitrogen and oxygen atoms in total. The van der Waals surface area contributed by atoms with Crippen molar-refractivity contribution in [1.82, 2.24) is 19.9 Å². The van der Waals surface area contributed by atoms with Gasteiger partial charge in [-0.1, -0.05) is 35.9 Å². The van der Waals surface area contributed by atoms with Crippen molar-refractivity contribution in [3.8, 4) is 0 Å². The number of carbonyl (C=O) groups is 2. The van der Waals surface area contributed by atoms with Crippen molar-refractivity contribution < 1.29 is 9.59 Å². The molecule has 1 aliphatic heterocycles. The van der Waals surface area contributed by atoms with Gasteiger partial charge in [0.1, 0.15) is 17.6 Å². The zero-order valence-corrected chi connectivity index (χ0v) is 19.8. The number of nitrogens with one attached hydrogen (secondary N) is 2. The second-order valence-electron chi connectivity index (χ2n) is 7.96. The summed E-state index contributed by atoms with van der Waals surface area (Å²) in [6.45, 7) is 3.85. The summed E-state index contributed by atoms with van der Waals surface area (Å²) in [7, 11) is 0. The molecule has 0 bridgehead atoms. The van der Waals surface area contributed by atoms with Gasteiger partial charge >= 0.3 is 0 Å². The molecule has 1 atom stereocenters. The molecular weight excluding hydrogens is 464 g/mol. The Morgan fingerprint density at radius 2 is 2.18 bits per heavy atom. The smallest absolute Gasteiger partial charge is 0.273 e. The van der Waals surface area contributed by atoms with E-state index in [0.29, 0.717) is 39.3 Å². The van der Waals surface area contributed by atoms with E-state index in [1.54, 1.807) is 24.3 Å². The topological polar surface area (TPSA) is 109 Å². The van der Waals surface area contributed by atoms with Crippen molar-refractivity contribution >= 4 is 55.9 Å². The fraction of sp³-hybridized carbons (Fsp3) is 0.409. The molecule has 0 unspecified atom stereocenters. The monoisotopic (exact) mass is 488 g/mol. The lowest BCUT2D eigenvalue weighted by Gasteiger charge is -2.31. The van der Waals surface area contributed by atoms with Crippen LogP contribution in [0.25, 0.3) is 10.3 Å². The number of thiazole rings is 1. The predicted molar refractivity (Wildman–Crippen MR) is 130 cm³/mol. The highest BCUT2D eigenvalue weighted by atomic mass is 35.5. The van der Waals surface area contributed by atoms with E-state index in [0.717, 1.165) is 25.8 Å². The Hall–Kier alpha value is -2.98. The van der Waals surface area contributed by atoms with Gasteiger partial charge in [-0.25, -0.2) is 4.98 Å². The van der Waals surface area contributed by atoms with E-state index in [4.69, 9.17) is 11.6 Å². The highest BCUT2D eigenvalue weighted by molar-refractivity contribution is 7.22. The first kappa shape index (κ1) is 23.2. The van der Waals surface area contributed by atoms with Crippen LogP contribution in [0, 0.1) is 5.92 Å². The standard InChI is InChI=1S/C22H25ClN6O3S/c1-2-8-24-20(31)14-5-4-9-28(11-14)22-27-19-18(33-22)21(32)29(13-25-19)12-17(30)26-16-7-3-6-15(23)10-16/h3,6-7,10,13-14H,2,4-5,8-9,11-12H2,1H3,(H,24,31)(H,26,30)/t14-/m0/s1. The molecule has 1 aromatic carbocycles. The largest absolute Gasteiger partial charge is 0.356 e. The minimum atomic E-state index is -0.359. The number of nitrogens with zero attached hydrogens (tertiary/aromatic N) is 4. The molecule has 0 aliphatic carbocycles. The number of aromatic nitrogens is 3. The number of piperidine rings is 1. The molecule has 1 aliphatic rings. The van der Waals surface area contributed by atoms with Gasteiger partial charge in [0, 0.05) is 30.3 Å². The summed E-state index contributed by atoms with van der Waals surface area (Å²) < 4.78 is 1.65. The van der Waals surface area contributed by atoms with Crippen molar-refractivity contribution in [2.45, 2.75) is 32.7 Å². The van der Waals surface area contributed by atoms with Crippen molar-refractivity contribution in [3.63, 3.8) is 0 Å². The van der Waals surface area contributed by atoms with E-state index >= 15 is 0 Å². The molecule has 1 saturated heterocycles. The first-order chi connectivity index (χ1) is 15.9. The van der Waals surface area contributed by atoms with Crippen molar-refractivity contribution in [3.05, 3.63) is 46.0 Å². The van der Waals surface area contributed by atoms with Gasteiger partial charge in [-0.05, 0) is 37.5 Å². The number of rotatable bonds is 7. The molecule has 0 spiro atoms. The van der Waals surface area contributed by atoms with E-state index in [1.165, 1.54) is 22.2 Å². The number of anilines is 2. The van der Waals surface area contributed by atoms with E-state index in [1.807, 2.05) is 11.8 Å². The Morgan fingerprint density at radius 1 is 1.33 bits per heavy atom. The van der Waals surface area contributed by atoms with E-state index in [-0.39, 0.29) is 29.8 Å². The fourth-order valence-corrected chi connectivity index (χ4v) is 4.96. The maximum Gasteiger partial charge on any atom is 0.273 e. The van der Waals surface area contributed by atoms with Gasteiger partial charge in [0.15, 0.2) is 10.8 Å². The Labute approximate surface area is 199 Å². The predicted octanol–water partition coefficient (Wildman–Crippen LogP) is 2.89. The molecule has 0 saturated carbocycles. The van der Waals surface area contributed by atoms with Crippen molar-refractivity contribution in [2.75, 3.05) is 29.9 Å². The maximum atomic E-state index is 13.0. The summed E-state index contributed by atoms with van der Waals surface area (Å²) in [5.74, 6) is -0.395. The average molecular weight is 489 g/mol. The summed E-state index contributed by atoms with van der Waals surface area (Å²) in [5, 5.41) is 6.86. The van der Waals surface area contributed by atoms with Crippen molar-refractivity contribution in [2.24, 2.45) is 5.92 Å². The number of benzene rings is 1. The number of hydrogen-bond donors (Lipinski definition) is 2. The molecule has 2 amide bonds. The normalized spacial score (nSPS) is 16.1. The quantitative estimate of drug-likeness (QED) is 0.529. The highest BCUT2D eigenvalue weighted by Crippen LogP contribution is 2.29. The number of fused-ring (bicyclic) bond motifs is 1. The van der Waals surface area contributed by atoms with E-state index in [2.05, 4.69) is 20.6 Å². The number of carbonyl (C=O) groups excluding carboxylic acids is 2. The Balaban J connectivity index is 1.48. The third kappa shape index (κ3) is 5.51. The molecular formula is C22H25ClN6O3S. The summed E-state index contributed by atoms with van der Waals surface area (Å²) in [4.78, 5) is 48.6. The van der Waals surface area contributed by atoms with Gasteiger partial charge in [-0.2, -0.15) is 4.98 Å². The maximum absolute atomic E-state index is 13.0. The van der Waals surface area contributed by atoms with Gasteiger partial charge in [0.05, 0.1) is 5.92 Å². The molecule has 1 fully saturated rings. The van der Waals surface area contributed by atoms with Crippen LogP contribution in [0.1, 0.15) is 26.2 Å². The Kier molecular flexibility index (Phi) is 7.24. The molecule has 3 heterocycles. The van der Waals surface area contributed by atoms with E-state index < -0.39 is 0 Å². The Bertz CT molecular complexity index is 1230. The van der Waals surface area contributed by atoms with Crippen LogP contribution in [-0.4, -0.2) is 46.0 Å². The summed E-state index contributed by atoms with van der Waals surface area (Å²) >= 11 is 7.19. The third-order valence-corrected chi connectivity index (χ3v) is 6.74. The third-order valence-electron chi connectivity index (χ3n) is 5.41. The summed E-state index contributed by atoms with van der Waals surface area (Å²) in [5.41, 5.74) is 0.584. The lowest BCUT2D eigenvalue weighted by molar-refractivity contribution is -0.125. The number of halogens is 1. The van der Waals surface area contributed by atoms with Crippen LogP contribution in [0.2, 0.25) is 5.02 Å². The molecule has 174 valence electrons. The highest BCUT2D eigenvalue weighted by Gasteiger charge is 2.27. The van der Waals surface area contributed by atoms with Gasteiger partial charge in [0.25, 0.3) is 5.56 Å². The molecule has 2 aromatic heterocycles. The van der Waals surface area contributed by atoms with Gasteiger partial charge in [-0.15, -0.1) is 0 Å². The number of hydrogen-bond acceptors (Lipinski definition) is 7. The van der Waals surface area contributed by atoms with Gasteiger partial charge in [0.2, 0.25) is 11.8 Å². The van der Waals surface area contributed by atoms with Gasteiger partial charge < -0.3 is 15.5 Å². The SMILES string of the molecule is CCCNC(=O)[C@H]1CCCN(c2nc3ncn(CC(=O)Nc4cccc(Cl)c4)c(=O)c3s2)C1. The molecule has 0 radical (unpaired) electrons. The number of amides is 2. The van der Waals surface area contributed by atoms with Gasteiger partial charge in [-0.3, -0.25) is 19.0 Å². The molecule has 2 N–H and O–H groups in total. The first-order valence-electron chi connectivity index (χ1n) is 10.9. The first-order valence-corrected chi connectivity index (χ1v) is 12.1. The summed E-state index contributed by atoms with van der Waals surface area (Å²) in [6.07, 6.45) is 3.95. The van der Waals surface area contributed by atoms with E-state index in [9.17, 15) is 14.4 Å². The van der Waals surface area contributed by atoms with Crippen LogP contribution in [0.3, 0.4) is 0 Å². The zero-order chi connectivity index (χ0) is 23.4. The lowest BCUT2D eigenvalue weighted by atomic mass is 9.97. The minimum absolute atomic E-state index is 0.0638. The lowest BCUT2D eigenvalue weighted by Crippen LogP contribution is -2.43. The fourth-order valence-electron chi connectivity index (χ4n) is 3.76. The van der Waals surface area contributed by atoms with Crippen LogP contribution < -0.4 is 21.1 Å². The Morgan fingerprint density at radius 3 is 2.97 bits per heavy atom. The van der Waals surface area contributed by atoms with Crippen LogP contribution >= 0.6 is 22.9 Å². The molecule has 33 heavy (non-hydrogen) atoms. The van der Waals surface area contributed by atoms with Crippen LogP contribution in [-0.2, 0) is 16.1 Å². The molecule has 3 aromatic rings.